The zero-order valence-electron chi connectivity index (χ0n) is 21.0. The highest BCUT2D eigenvalue weighted by Crippen LogP contribution is 2.27. The predicted octanol–water partition coefficient (Wildman–Crippen LogP) is 7.61. The molecule has 4 aromatic rings. The third-order valence-corrected chi connectivity index (χ3v) is 6.58. The summed E-state index contributed by atoms with van der Waals surface area (Å²) in [5.41, 5.74) is 3.79. The third-order valence-electron chi connectivity index (χ3n) is 5.74. The number of aryl methyl sites for hydroxylation is 1. The highest BCUT2D eigenvalue weighted by atomic mass is 35.5. The molecule has 0 spiro atoms. The molecule has 194 valence electrons. The van der Waals surface area contributed by atoms with Crippen molar-refractivity contribution in [1.82, 2.24) is 5.32 Å². The second kappa shape index (κ2) is 12.9. The quantitative estimate of drug-likeness (QED) is 0.174. The van der Waals surface area contributed by atoms with Crippen molar-refractivity contribution in [2.45, 2.75) is 6.92 Å². The van der Waals surface area contributed by atoms with E-state index in [0.29, 0.717) is 27.4 Å². The van der Waals surface area contributed by atoms with Crippen LogP contribution in [0.25, 0.3) is 12.2 Å². The molecule has 4 rings (SSSR count). The van der Waals surface area contributed by atoms with Crippen LogP contribution in [0.1, 0.15) is 37.4 Å². The van der Waals surface area contributed by atoms with E-state index < -0.39 is 11.8 Å². The Morgan fingerprint density at radius 1 is 0.744 bits per heavy atom. The molecule has 2 amide bonds. The van der Waals surface area contributed by atoms with Crippen LogP contribution in [-0.2, 0) is 4.79 Å². The summed E-state index contributed by atoms with van der Waals surface area (Å²) in [6, 6.07) is 27.8. The molecule has 0 aliphatic carbocycles. The third kappa shape index (κ3) is 7.54. The normalized spacial score (nSPS) is 11.3. The first-order valence-corrected chi connectivity index (χ1v) is 12.8. The Morgan fingerprint density at radius 2 is 1.44 bits per heavy atom. The standard InChI is InChI=1S/C32H24Cl2N2O3/c1-21-10-12-22(13-11-21)14-19-29(37)23-15-17-26(18-16-23)35-32(39)28(20-25-8-5-9-27(33)30(25)34)36-31(38)24-6-3-2-4-7-24/h2-20H,1H3,(H,35,39)(H,36,38)/b19-14+,28-20-. The van der Waals surface area contributed by atoms with Gasteiger partial charge in [-0.05, 0) is 72.7 Å². The summed E-state index contributed by atoms with van der Waals surface area (Å²) in [7, 11) is 0. The van der Waals surface area contributed by atoms with Gasteiger partial charge in [0.15, 0.2) is 5.78 Å². The number of hydrogen-bond donors (Lipinski definition) is 2. The minimum absolute atomic E-state index is 0.0331. The van der Waals surface area contributed by atoms with Crippen LogP contribution in [0.3, 0.4) is 0 Å². The minimum atomic E-state index is -0.575. The maximum atomic E-state index is 13.2. The molecule has 2 N–H and O–H groups in total. The zero-order valence-corrected chi connectivity index (χ0v) is 22.5. The Kier molecular flexibility index (Phi) is 9.10. The molecule has 0 aliphatic heterocycles. The lowest BCUT2D eigenvalue weighted by Crippen LogP contribution is -2.30. The molecule has 4 aromatic carbocycles. The van der Waals surface area contributed by atoms with Crippen molar-refractivity contribution in [1.29, 1.82) is 0 Å². The van der Waals surface area contributed by atoms with Crippen molar-refractivity contribution in [3.63, 3.8) is 0 Å². The van der Waals surface area contributed by atoms with E-state index in [1.54, 1.807) is 78.9 Å². The fourth-order valence-corrected chi connectivity index (χ4v) is 3.95. The topological polar surface area (TPSA) is 75.3 Å². The Morgan fingerprint density at radius 3 is 2.13 bits per heavy atom. The average Bonchev–Trinajstić information content (AvgIpc) is 2.95. The summed E-state index contributed by atoms with van der Waals surface area (Å²) in [5.74, 6) is -1.20. The molecular formula is C32H24Cl2N2O3. The molecule has 0 aromatic heterocycles. The van der Waals surface area contributed by atoms with Crippen LogP contribution in [0.4, 0.5) is 5.69 Å². The summed E-state index contributed by atoms with van der Waals surface area (Å²) in [4.78, 5) is 38.6. The van der Waals surface area contributed by atoms with Gasteiger partial charge in [-0.25, -0.2) is 0 Å². The molecule has 0 atom stereocenters. The molecule has 0 unspecified atom stereocenters. The second-order valence-electron chi connectivity index (χ2n) is 8.66. The maximum Gasteiger partial charge on any atom is 0.272 e. The SMILES string of the molecule is Cc1ccc(/C=C/C(=O)c2ccc(NC(=O)/C(=C/c3cccc(Cl)c3Cl)NC(=O)c3ccccc3)cc2)cc1. The summed E-state index contributed by atoms with van der Waals surface area (Å²) in [5, 5.41) is 5.98. The Bertz CT molecular complexity index is 1560. The number of anilines is 1. The molecule has 0 radical (unpaired) electrons. The van der Waals surface area contributed by atoms with Crippen LogP contribution in [0.5, 0.6) is 0 Å². The molecule has 5 nitrogen and oxygen atoms in total. The summed E-state index contributed by atoms with van der Waals surface area (Å²) in [6.45, 7) is 2.00. The number of ketones is 1. The molecule has 0 saturated carbocycles. The van der Waals surface area contributed by atoms with Crippen LogP contribution >= 0.6 is 23.2 Å². The van der Waals surface area contributed by atoms with Crippen molar-refractivity contribution in [2.75, 3.05) is 5.32 Å². The average molecular weight is 555 g/mol. The molecule has 0 bridgehead atoms. The van der Waals surface area contributed by atoms with Gasteiger partial charge >= 0.3 is 0 Å². The van der Waals surface area contributed by atoms with E-state index in [4.69, 9.17) is 23.2 Å². The van der Waals surface area contributed by atoms with Crippen molar-refractivity contribution in [3.8, 4) is 0 Å². The van der Waals surface area contributed by atoms with Crippen LogP contribution in [0, 0.1) is 6.92 Å². The maximum absolute atomic E-state index is 13.2. The van der Waals surface area contributed by atoms with Gasteiger partial charge in [0.25, 0.3) is 11.8 Å². The number of allylic oxidation sites excluding steroid dienone is 1. The molecule has 0 aliphatic rings. The van der Waals surface area contributed by atoms with E-state index in [2.05, 4.69) is 10.6 Å². The van der Waals surface area contributed by atoms with Gasteiger partial charge in [0.05, 0.1) is 10.0 Å². The van der Waals surface area contributed by atoms with Crippen LogP contribution in [-0.4, -0.2) is 17.6 Å². The van der Waals surface area contributed by atoms with Gasteiger partial charge in [-0.1, -0.05) is 89.4 Å². The molecule has 0 heterocycles. The number of carbonyl (C=O) groups excluding carboxylic acids is 3. The van der Waals surface area contributed by atoms with E-state index >= 15 is 0 Å². The smallest absolute Gasteiger partial charge is 0.272 e. The van der Waals surface area contributed by atoms with Crippen LogP contribution < -0.4 is 10.6 Å². The summed E-state index contributed by atoms with van der Waals surface area (Å²) < 4.78 is 0. The summed E-state index contributed by atoms with van der Waals surface area (Å²) in [6.07, 6.45) is 4.72. The first-order chi connectivity index (χ1) is 18.8. The molecule has 0 fully saturated rings. The monoisotopic (exact) mass is 554 g/mol. The van der Waals surface area contributed by atoms with E-state index in [1.165, 1.54) is 12.2 Å². The first kappa shape index (κ1) is 27.6. The fourth-order valence-electron chi connectivity index (χ4n) is 3.59. The Labute approximate surface area is 236 Å². The Balaban J connectivity index is 1.52. The highest BCUT2D eigenvalue weighted by molar-refractivity contribution is 6.43. The molecule has 0 saturated heterocycles. The lowest BCUT2D eigenvalue weighted by atomic mass is 10.1. The number of hydrogen-bond acceptors (Lipinski definition) is 3. The number of nitrogens with one attached hydrogen (secondary N) is 2. The van der Waals surface area contributed by atoms with Gasteiger partial charge < -0.3 is 10.6 Å². The van der Waals surface area contributed by atoms with Gasteiger partial charge in [-0.3, -0.25) is 14.4 Å². The van der Waals surface area contributed by atoms with Gasteiger partial charge in [-0.2, -0.15) is 0 Å². The predicted molar refractivity (Wildman–Crippen MR) is 158 cm³/mol. The van der Waals surface area contributed by atoms with E-state index in [0.717, 1.165) is 11.1 Å². The summed E-state index contributed by atoms with van der Waals surface area (Å²) >= 11 is 12.4. The zero-order chi connectivity index (χ0) is 27.8. The van der Waals surface area contributed by atoms with Crippen molar-refractivity contribution >= 4 is 58.6 Å². The first-order valence-electron chi connectivity index (χ1n) is 12.0. The van der Waals surface area contributed by atoms with Gasteiger partial charge in [0.2, 0.25) is 0 Å². The Hall–Kier alpha value is -4.45. The van der Waals surface area contributed by atoms with Crippen molar-refractivity contribution < 1.29 is 14.4 Å². The molecular weight excluding hydrogens is 531 g/mol. The molecule has 7 heteroatoms. The number of halogens is 2. The van der Waals surface area contributed by atoms with Crippen molar-refractivity contribution in [3.05, 3.63) is 147 Å². The van der Waals surface area contributed by atoms with E-state index in [-0.39, 0.29) is 16.5 Å². The number of amides is 2. The highest BCUT2D eigenvalue weighted by Gasteiger charge is 2.16. The van der Waals surface area contributed by atoms with Gasteiger partial charge in [-0.15, -0.1) is 0 Å². The van der Waals surface area contributed by atoms with Gasteiger partial charge in [0, 0.05) is 16.8 Å². The van der Waals surface area contributed by atoms with Crippen LogP contribution in [0.15, 0.2) is 109 Å². The van der Waals surface area contributed by atoms with E-state index in [1.807, 2.05) is 31.2 Å². The second-order valence-corrected chi connectivity index (χ2v) is 9.45. The number of carbonyl (C=O) groups is 3. The van der Waals surface area contributed by atoms with Crippen molar-refractivity contribution in [2.24, 2.45) is 0 Å². The van der Waals surface area contributed by atoms with E-state index in [9.17, 15) is 14.4 Å². The largest absolute Gasteiger partial charge is 0.321 e. The fraction of sp³-hybridized carbons (Fsp3) is 0.0312. The molecule has 39 heavy (non-hydrogen) atoms. The number of rotatable bonds is 8. The van der Waals surface area contributed by atoms with Crippen LogP contribution in [0.2, 0.25) is 10.0 Å². The minimum Gasteiger partial charge on any atom is -0.321 e. The van der Waals surface area contributed by atoms with Gasteiger partial charge in [0.1, 0.15) is 5.70 Å². The number of benzene rings is 4. The lowest BCUT2D eigenvalue weighted by molar-refractivity contribution is -0.113. The lowest BCUT2D eigenvalue weighted by Gasteiger charge is -2.12.